The fraction of sp³-hybridized carbons (Fsp3) is 0.667. The van der Waals surface area contributed by atoms with E-state index < -0.39 is 35.5 Å². The molecular weight excluding hydrogens is 580 g/mol. The highest BCUT2D eigenvalue weighted by Gasteiger charge is 2.53. The second-order valence-corrected chi connectivity index (χ2v) is 12.6. The quantitative estimate of drug-likeness (QED) is 0.455. The van der Waals surface area contributed by atoms with Gasteiger partial charge >= 0.3 is 0 Å². The lowest BCUT2D eigenvalue weighted by molar-refractivity contribution is -0.165. The van der Waals surface area contributed by atoms with Gasteiger partial charge in [0.1, 0.15) is 10.8 Å². The van der Waals surface area contributed by atoms with E-state index in [-0.39, 0.29) is 24.9 Å². The van der Waals surface area contributed by atoms with Crippen molar-refractivity contribution in [1.29, 1.82) is 0 Å². The Morgan fingerprint density at radius 3 is 1.36 bits per heavy atom. The Bertz CT molecular complexity index is 1230. The molecule has 2 aromatic heterocycles. The summed E-state index contributed by atoms with van der Waals surface area (Å²) in [6, 6.07) is -0.589. The second-order valence-electron chi connectivity index (χ2n) is 12.6. The molecule has 0 aromatic carbocycles. The Kier molecular flexibility index (Phi) is 9.22. The number of hydrazine groups is 2. The zero-order valence-electron chi connectivity index (χ0n) is 25.6. The van der Waals surface area contributed by atoms with E-state index in [9.17, 15) is 27.2 Å². The number of carbonyl (C=O) groups excluding carboxylic acids is 2. The molecule has 2 aromatic rings. The van der Waals surface area contributed by atoms with Gasteiger partial charge in [0.2, 0.25) is 11.8 Å². The summed E-state index contributed by atoms with van der Waals surface area (Å²) in [5.74, 6) is -0.991. The van der Waals surface area contributed by atoms with Gasteiger partial charge in [0.05, 0.1) is 47.3 Å². The molecule has 2 amide bonds. The highest BCUT2D eigenvalue weighted by atomic mass is 19.3. The van der Waals surface area contributed by atoms with Crippen LogP contribution in [-0.4, -0.2) is 90.8 Å². The summed E-state index contributed by atoms with van der Waals surface area (Å²) in [7, 11) is 0. The number of aromatic nitrogens is 4. The Balaban J connectivity index is 0.000000175. The summed E-state index contributed by atoms with van der Waals surface area (Å²) in [6.07, 6.45) is 4.25. The first-order chi connectivity index (χ1) is 20.9. The molecule has 10 nitrogen and oxygen atoms in total. The van der Waals surface area contributed by atoms with Crippen LogP contribution in [0.25, 0.3) is 0 Å². The fourth-order valence-corrected chi connectivity index (χ4v) is 6.47. The van der Waals surface area contributed by atoms with E-state index in [1.165, 1.54) is 23.9 Å². The van der Waals surface area contributed by atoms with Crippen molar-refractivity contribution in [2.45, 2.75) is 91.2 Å². The van der Waals surface area contributed by atoms with Crippen LogP contribution in [0.15, 0.2) is 24.8 Å². The number of alkyl halides is 4. The molecule has 4 aliphatic rings. The molecule has 0 aliphatic carbocycles. The van der Waals surface area contributed by atoms with Crippen LogP contribution in [0.2, 0.25) is 0 Å². The normalized spacial score (nSPS) is 29.8. The Morgan fingerprint density at radius 1 is 0.659 bits per heavy atom. The molecule has 4 fully saturated rings. The first-order valence-electron chi connectivity index (χ1n) is 15.2. The molecule has 14 heteroatoms. The summed E-state index contributed by atoms with van der Waals surface area (Å²) in [5.41, 5.74) is -0.318. The first-order valence-corrected chi connectivity index (χ1v) is 15.2. The number of hydrogen-bond donors (Lipinski definition) is 0. The number of rotatable bonds is 4. The molecule has 4 atom stereocenters. The average Bonchev–Trinajstić information content (AvgIpc) is 3.55. The van der Waals surface area contributed by atoms with Crippen molar-refractivity contribution in [3.05, 3.63) is 47.6 Å². The number of halogens is 4. The summed E-state index contributed by atoms with van der Waals surface area (Å²) in [6.45, 7) is 9.05. The molecule has 0 saturated carbocycles. The van der Waals surface area contributed by atoms with Crippen LogP contribution >= 0.6 is 0 Å². The van der Waals surface area contributed by atoms with Crippen LogP contribution in [0.5, 0.6) is 0 Å². The predicted octanol–water partition coefficient (Wildman–Crippen LogP) is 4.68. The zero-order chi connectivity index (χ0) is 31.8. The van der Waals surface area contributed by atoms with Crippen LogP contribution in [0, 0.1) is 24.7 Å². The molecule has 6 rings (SSSR count). The van der Waals surface area contributed by atoms with Gasteiger partial charge in [-0.3, -0.25) is 39.5 Å². The first kappa shape index (κ1) is 32.1. The Hall–Kier alpha value is -3.26. The maximum absolute atomic E-state index is 13.5. The van der Waals surface area contributed by atoms with Crippen molar-refractivity contribution in [1.82, 2.24) is 40.0 Å². The standard InChI is InChI=1S/2C15H20F2N4O/c2*1-10-8-19-11(9-18-10)12-4-7-20-6-3-5-15(2,13(16)17)14(22)21(12)20/h2*8-9,12-13H,3-7H2,1-2H3/t2*12-,15?/m10/s1. The van der Waals surface area contributed by atoms with E-state index in [2.05, 4.69) is 19.9 Å². The molecule has 2 unspecified atom stereocenters. The lowest BCUT2D eigenvalue weighted by Gasteiger charge is -2.35. The third-order valence-corrected chi connectivity index (χ3v) is 9.39. The van der Waals surface area contributed by atoms with Gasteiger partial charge in [-0.2, -0.15) is 0 Å². The van der Waals surface area contributed by atoms with Crippen LogP contribution < -0.4 is 0 Å². The van der Waals surface area contributed by atoms with Gasteiger partial charge in [0.25, 0.3) is 12.9 Å². The number of nitrogens with zero attached hydrogens (tertiary/aromatic N) is 8. The maximum Gasteiger partial charge on any atom is 0.252 e. The van der Waals surface area contributed by atoms with Gasteiger partial charge in [-0.25, -0.2) is 27.6 Å². The Morgan fingerprint density at radius 2 is 1.05 bits per heavy atom. The third kappa shape index (κ3) is 5.90. The molecule has 6 heterocycles. The van der Waals surface area contributed by atoms with Crippen molar-refractivity contribution in [2.24, 2.45) is 10.8 Å². The molecular formula is C30H40F4N8O2. The van der Waals surface area contributed by atoms with Crippen molar-refractivity contribution >= 4 is 11.8 Å². The van der Waals surface area contributed by atoms with Crippen LogP contribution in [0.3, 0.4) is 0 Å². The third-order valence-electron chi connectivity index (χ3n) is 9.39. The van der Waals surface area contributed by atoms with E-state index in [0.717, 1.165) is 11.4 Å². The van der Waals surface area contributed by atoms with Gasteiger partial charge < -0.3 is 0 Å². The largest absolute Gasteiger partial charge is 0.273 e. The topological polar surface area (TPSA) is 98.7 Å². The predicted molar refractivity (Wildman–Crippen MR) is 152 cm³/mol. The summed E-state index contributed by atoms with van der Waals surface area (Å²) in [5, 5.41) is 6.81. The van der Waals surface area contributed by atoms with Gasteiger partial charge in [-0.05, 0) is 66.2 Å². The highest BCUT2D eigenvalue weighted by molar-refractivity contribution is 5.84. The van der Waals surface area contributed by atoms with Gasteiger partial charge in [0.15, 0.2) is 0 Å². The molecule has 4 saturated heterocycles. The average molecular weight is 621 g/mol. The minimum Gasteiger partial charge on any atom is -0.273 e. The molecule has 0 radical (unpaired) electrons. The minimum atomic E-state index is -2.66. The van der Waals surface area contributed by atoms with Crippen molar-refractivity contribution < 1.29 is 27.2 Å². The van der Waals surface area contributed by atoms with Gasteiger partial charge in [-0.15, -0.1) is 0 Å². The van der Waals surface area contributed by atoms with Crippen molar-refractivity contribution in [3.8, 4) is 0 Å². The highest BCUT2D eigenvalue weighted by Crippen LogP contribution is 2.44. The lowest BCUT2D eigenvalue weighted by atomic mass is 9.84. The summed E-state index contributed by atoms with van der Waals surface area (Å²) >= 11 is 0. The molecule has 0 spiro atoms. The van der Waals surface area contributed by atoms with E-state index in [1.807, 2.05) is 23.9 Å². The number of carbonyl (C=O) groups is 2. The van der Waals surface area contributed by atoms with E-state index in [0.29, 0.717) is 63.3 Å². The number of aryl methyl sites for hydroxylation is 2. The summed E-state index contributed by atoms with van der Waals surface area (Å²) < 4.78 is 53.9. The molecule has 44 heavy (non-hydrogen) atoms. The number of fused-ring (bicyclic) bond motifs is 2. The van der Waals surface area contributed by atoms with E-state index in [4.69, 9.17) is 0 Å². The molecule has 4 aliphatic heterocycles. The molecule has 0 N–H and O–H groups in total. The van der Waals surface area contributed by atoms with Crippen LogP contribution in [0.4, 0.5) is 17.6 Å². The maximum atomic E-state index is 13.5. The lowest BCUT2D eigenvalue weighted by Crippen LogP contribution is -2.49. The van der Waals surface area contributed by atoms with Crippen LogP contribution in [0.1, 0.15) is 87.2 Å². The molecule has 0 bridgehead atoms. The zero-order valence-corrected chi connectivity index (χ0v) is 25.6. The smallest absolute Gasteiger partial charge is 0.252 e. The summed E-state index contributed by atoms with van der Waals surface area (Å²) in [4.78, 5) is 42.7. The van der Waals surface area contributed by atoms with Gasteiger partial charge in [0, 0.05) is 38.6 Å². The SMILES string of the molecule is Cc1cnc([C@@H]2CCN3CCCC(C)(C(F)F)C(=O)N23)cn1.Cc1cnc([C@H]2CCN3CCCC(C)(C(F)F)C(=O)N23)cn1. The molecule has 240 valence electrons. The second kappa shape index (κ2) is 12.6. The van der Waals surface area contributed by atoms with E-state index >= 15 is 0 Å². The minimum absolute atomic E-state index is 0.211. The van der Waals surface area contributed by atoms with Crippen molar-refractivity contribution in [2.75, 3.05) is 26.2 Å². The fourth-order valence-electron chi connectivity index (χ4n) is 6.47. The van der Waals surface area contributed by atoms with E-state index in [1.54, 1.807) is 24.8 Å². The monoisotopic (exact) mass is 620 g/mol. The number of amides is 2. The van der Waals surface area contributed by atoms with Gasteiger partial charge in [-0.1, -0.05) is 0 Å². The Labute approximate surface area is 254 Å². The van der Waals surface area contributed by atoms with Crippen LogP contribution in [-0.2, 0) is 9.59 Å². The van der Waals surface area contributed by atoms with Crippen molar-refractivity contribution in [3.63, 3.8) is 0 Å². The number of hydrogen-bond acceptors (Lipinski definition) is 8.